The zero-order valence-electron chi connectivity index (χ0n) is 16.6. The van der Waals surface area contributed by atoms with Crippen molar-refractivity contribution in [2.75, 3.05) is 25.0 Å². The summed E-state index contributed by atoms with van der Waals surface area (Å²) in [7, 11) is 0. The molecule has 0 spiro atoms. The third-order valence-electron chi connectivity index (χ3n) is 5.17. The number of benzene rings is 1. The molecule has 1 aliphatic rings. The molecule has 1 N–H and O–H groups in total. The molecule has 1 saturated heterocycles. The number of morpholine rings is 1. The molecule has 2 aromatic heterocycles. The average molecular weight is 395 g/mol. The number of nitrogens with one attached hydrogen (secondary N) is 1. The van der Waals surface area contributed by atoms with Crippen LogP contribution in [-0.4, -0.2) is 34.6 Å². The van der Waals surface area contributed by atoms with Gasteiger partial charge in [0.05, 0.1) is 18.0 Å². The molecule has 0 aliphatic carbocycles. The number of hydrogen-bond acceptors (Lipinski definition) is 6. The Bertz CT molecular complexity index is 936. The van der Waals surface area contributed by atoms with Crippen molar-refractivity contribution in [3.05, 3.63) is 69.9 Å². The average Bonchev–Trinajstić information content (AvgIpc) is 3.01. The molecule has 4 rings (SSSR count). The van der Waals surface area contributed by atoms with Crippen LogP contribution in [0.25, 0.3) is 0 Å². The topological polar surface area (TPSA) is 50.3 Å². The van der Waals surface area contributed by atoms with Gasteiger partial charge in [0.15, 0.2) is 5.13 Å². The molecule has 0 amide bonds. The van der Waals surface area contributed by atoms with Crippen LogP contribution in [-0.2, 0) is 11.3 Å². The number of aromatic nitrogens is 2. The summed E-state index contributed by atoms with van der Waals surface area (Å²) < 4.78 is 6.05. The van der Waals surface area contributed by atoms with Gasteiger partial charge in [0.1, 0.15) is 11.9 Å². The van der Waals surface area contributed by atoms with Crippen LogP contribution in [0.15, 0.2) is 42.5 Å². The Morgan fingerprint density at radius 2 is 1.96 bits per heavy atom. The largest absolute Gasteiger partial charge is 0.369 e. The highest BCUT2D eigenvalue weighted by molar-refractivity contribution is 7.15. The molecule has 6 heteroatoms. The fraction of sp³-hybridized carbons (Fsp3) is 0.364. The number of aryl methyl sites for hydroxylation is 3. The van der Waals surface area contributed by atoms with Crippen LogP contribution in [0.1, 0.15) is 33.5 Å². The molecule has 0 saturated carbocycles. The number of rotatable bonds is 5. The molecule has 146 valence electrons. The van der Waals surface area contributed by atoms with Crippen molar-refractivity contribution in [2.45, 2.75) is 33.4 Å². The zero-order chi connectivity index (χ0) is 19.5. The third kappa shape index (κ3) is 4.41. The van der Waals surface area contributed by atoms with Crippen molar-refractivity contribution in [1.82, 2.24) is 14.9 Å². The lowest BCUT2D eigenvalue weighted by Gasteiger charge is -2.33. The van der Waals surface area contributed by atoms with E-state index in [0.717, 1.165) is 48.6 Å². The Morgan fingerprint density at radius 1 is 1.11 bits per heavy atom. The second kappa shape index (κ2) is 8.39. The van der Waals surface area contributed by atoms with E-state index in [0.29, 0.717) is 0 Å². The van der Waals surface area contributed by atoms with Crippen LogP contribution in [0.5, 0.6) is 0 Å². The van der Waals surface area contributed by atoms with Crippen LogP contribution in [0.4, 0.5) is 10.9 Å². The minimum absolute atomic E-state index is 0.0146. The Morgan fingerprint density at radius 3 is 2.75 bits per heavy atom. The van der Waals surface area contributed by atoms with E-state index in [1.54, 1.807) is 11.3 Å². The van der Waals surface area contributed by atoms with E-state index in [-0.39, 0.29) is 6.10 Å². The van der Waals surface area contributed by atoms with Crippen molar-refractivity contribution in [3.8, 4) is 0 Å². The van der Waals surface area contributed by atoms with Gasteiger partial charge in [-0.3, -0.25) is 4.90 Å². The highest BCUT2D eigenvalue weighted by Gasteiger charge is 2.23. The van der Waals surface area contributed by atoms with E-state index in [1.807, 2.05) is 25.1 Å². The van der Waals surface area contributed by atoms with Gasteiger partial charge in [0.25, 0.3) is 0 Å². The molecular formula is C22H26N4OS. The predicted molar refractivity (Wildman–Crippen MR) is 114 cm³/mol. The van der Waals surface area contributed by atoms with Gasteiger partial charge >= 0.3 is 0 Å². The van der Waals surface area contributed by atoms with Crippen molar-refractivity contribution in [3.63, 3.8) is 0 Å². The predicted octanol–water partition coefficient (Wildman–Crippen LogP) is 4.78. The van der Waals surface area contributed by atoms with Gasteiger partial charge in [-0.2, -0.15) is 0 Å². The Balaban J connectivity index is 1.45. The molecule has 1 aromatic carbocycles. The monoisotopic (exact) mass is 394 g/mol. The lowest BCUT2D eigenvalue weighted by atomic mass is 10.1. The molecule has 28 heavy (non-hydrogen) atoms. The summed E-state index contributed by atoms with van der Waals surface area (Å²) in [4.78, 5) is 13.0. The van der Waals surface area contributed by atoms with Gasteiger partial charge in [0, 0.05) is 24.5 Å². The van der Waals surface area contributed by atoms with Crippen molar-refractivity contribution in [2.24, 2.45) is 0 Å². The number of hydrogen-bond donors (Lipinski definition) is 1. The quantitative estimate of drug-likeness (QED) is 0.675. The fourth-order valence-corrected chi connectivity index (χ4v) is 4.21. The summed E-state index contributed by atoms with van der Waals surface area (Å²) in [6, 6.07) is 14.6. The van der Waals surface area contributed by atoms with Crippen molar-refractivity contribution >= 4 is 22.3 Å². The molecule has 3 aromatic rings. The van der Waals surface area contributed by atoms with Gasteiger partial charge in [-0.25, -0.2) is 9.97 Å². The molecule has 1 atom stereocenters. The number of thiazole rings is 1. The summed E-state index contributed by atoms with van der Waals surface area (Å²) >= 11 is 1.65. The molecular weight excluding hydrogens is 368 g/mol. The molecule has 0 bridgehead atoms. The van der Waals surface area contributed by atoms with Crippen LogP contribution < -0.4 is 5.32 Å². The first-order chi connectivity index (χ1) is 13.6. The number of ether oxygens (including phenoxy) is 1. The minimum Gasteiger partial charge on any atom is -0.369 e. The van der Waals surface area contributed by atoms with Crippen LogP contribution in [0.3, 0.4) is 0 Å². The Kier molecular flexibility index (Phi) is 5.71. The van der Waals surface area contributed by atoms with Gasteiger partial charge in [-0.05, 0) is 44.0 Å². The zero-order valence-corrected chi connectivity index (χ0v) is 17.4. The van der Waals surface area contributed by atoms with Crippen LogP contribution in [0.2, 0.25) is 0 Å². The molecule has 1 aliphatic heterocycles. The van der Waals surface area contributed by atoms with E-state index >= 15 is 0 Å². The van der Waals surface area contributed by atoms with Crippen molar-refractivity contribution in [1.29, 1.82) is 0 Å². The van der Waals surface area contributed by atoms with E-state index in [1.165, 1.54) is 16.0 Å². The number of anilines is 2. The summed E-state index contributed by atoms with van der Waals surface area (Å²) in [6.45, 7) is 9.75. The molecule has 0 radical (unpaired) electrons. The molecule has 0 unspecified atom stereocenters. The maximum Gasteiger partial charge on any atom is 0.188 e. The van der Waals surface area contributed by atoms with E-state index in [2.05, 4.69) is 53.3 Å². The fourth-order valence-electron chi connectivity index (χ4n) is 3.39. The second-order valence-electron chi connectivity index (χ2n) is 7.25. The number of pyridine rings is 1. The molecule has 1 fully saturated rings. The summed E-state index contributed by atoms with van der Waals surface area (Å²) in [6.07, 6.45) is -0.0146. The first-order valence-electron chi connectivity index (χ1n) is 9.65. The van der Waals surface area contributed by atoms with Gasteiger partial charge in [-0.1, -0.05) is 30.3 Å². The summed E-state index contributed by atoms with van der Waals surface area (Å²) in [5, 5.41) is 4.21. The number of nitrogens with zero attached hydrogens (tertiary/aromatic N) is 3. The minimum atomic E-state index is -0.0146. The Hall–Kier alpha value is -2.28. The van der Waals surface area contributed by atoms with Crippen LogP contribution in [0, 0.1) is 20.8 Å². The highest BCUT2D eigenvalue weighted by Crippen LogP contribution is 2.27. The van der Waals surface area contributed by atoms with Crippen molar-refractivity contribution < 1.29 is 4.74 Å². The first-order valence-corrected chi connectivity index (χ1v) is 10.5. The van der Waals surface area contributed by atoms with E-state index in [9.17, 15) is 0 Å². The smallest absolute Gasteiger partial charge is 0.188 e. The SMILES string of the molecule is Cc1ccccc1CN1CCO[C@H](c2cccc(Nc3nc(C)c(C)s3)n2)C1. The summed E-state index contributed by atoms with van der Waals surface area (Å²) in [5.74, 6) is 0.811. The summed E-state index contributed by atoms with van der Waals surface area (Å²) in [5.41, 5.74) is 4.74. The second-order valence-corrected chi connectivity index (χ2v) is 8.46. The third-order valence-corrected chi connectivity index (χ3v) is 6.16. The van der Waals surface area contributed by atoms with E-state index < -0.39 is 0 Å². The van der Waals surface area contributed by atoms with Gasteiger partial charge in [0.2, 0.25) is 0 Å². The first kappa shape index (κ1) is 19.1. The maximum absolute atomic E-state index is 6.05. The Labute approximate surface area is 170 Å². The lowest BCUT2D eigenvalue weighted by Crippen LogP contribution is -2.38. The standard InChI is InChI=1S/C22H26N4OS/c1-15-7-4-5-8-18(15)13-26-11-12-27-20(14-26)19-9-6-10-21(24-19)25-22-23-16(2)17(3)28-22/h4-10,20H,11-14H2,1-3H3,(H,23,24,25)/t20-/m0/s1. The van der Waals surface area contributed by atoms with Gasteiger partial charge in [-0.15, -0.1) is 11.3 Å². The maximum atomic E-state index is 6.05. The van der Waals surface area contributed by atoms with Gasteiger partial charge < -0.3 is 10.1 Å². The lowest BCUT2D eigenvalue weighted by molar-refractivity contribution is -0.0349. The normalized spacial score (nSPS) is 17.6. The van der Waals surface area contributed by atoms with Crippen LogP contribution >= 0.6 is 11.3 Å². The molecule has 3 heterocycles. The van der Waals surface area contributed by atoms with E-state index in [4.69, 9.17) is 9.72 Å². The molecule has 5 nitrogen and oxygen atoms in total. The highest BCUT2D eigenvalue weighted by atomic mass is 32.1.